The summed E-state index contributed by atoms with van der Waals surface area (Å²) >= 11 is 0. The molecule has 0 atom stereocenters. The van der Waals surface area contributed by atoms with Crippen LogP contribution in [-0.4, -0.2) is 14.7 Å². The monoisotopic (exact) mass is 250 g/mol. The molecule has 17 heavy (non-hydrogen) atoms. The first-order chi connectivity index (χ1) is 8.04. The molecule has 0 radical (unpaired) electrons. The molecule has 0 aromatic heterocycles. The summed E-state index contributed by atoms with van der Waals surface area (Å²) in [5.74, 6) is 0. The van der Waals surface area contributed by atoms with E-state index in [-0.39, 0.29) is 0 Å². The second-order valence-electron chi connectivity index (χ2n) is 5.71. The molecule has 1 aromatic rings. The van der Waals surface area contributed by atoms with E-state index in [0.29, 0.717) is 0 Å². The minimum atomic E-state index is -1.15. The van der Waals surface area contributed by atoms with Crippen LogP contribution < -0.4 is 5.19 Å². The molecule has 0 aliphatic heterocycles. The van der Waals surface area contributed by atoms with E-state index < -0.39 is 8.07 Å². The lowest BCUT2D eigenvalue weighted by molar-refractivity contribution is 0.117. The highest BCUT2D eigenvalue weighted by Gasteiger charge is 2.15. The van der Waals surface area contributed by atoms with Crippen LogP contribution in [0, 0.1) is 0 Å². The van der Waals surface area contributed by atoms with E-state index in [4.69, 9.17) is 4.74 Å². The summed E-state index contributed by atoms with van der Waals surface area (Å²) in [5, 5.41) is 1.52. The summed E-state index contributed by atoms with van der Waals surface area (Å²) in [5.41, 5.74) is 1.29. The number of hydrogen-bond acceptors (Lipinski definition) is 1. The molecular formula is C15H26OSi. The van der Waals surface area contributed by atoms with Crippen LogP contribution in [-0.2, 0) is 11.3 Å². The quantitative estimate of drug-likeness (QED) is 0.526. The molecule has 2 heteroatoms. The Balaban J connectivity index is 2.36. The van der Waals surface area contributed by atoms with Crippen molar-refractivity contribution in [1.82, 2.24) is 0 Å². The van der Waals surface area contributed by atoms with Gasteiger partial charge in [0.25, 0.3) is 0 Å². The Hall–Kier alpha value is -0.603. The fourth-order valence-corrected chi connectivity index (χ4v) is 2.91. The molecule has 0 amide bonds. The van der Waals surface area contributed by atoms with Gasteiger partial charge in [0.15, 0.2) is 0 Å². The highest BCUT2D eigenvalue weighted by Crippen LogP contribution is 2.06. The van der Waals surface area contributed by atoms with Crippen LogP contribution in [0.3, 0.4) is 0 Å². The van der Waals surface area contributed by atoms with Crippen molar-refractivity contribution in [2.24, 2.45) is 0 Å². The third-order valence-electron chi connectivity index (χ3n) is 2.98. The molecule has 0 N–H and O–H groups in total. The Morgan fingerprint density at radius 1 is 1.00 bits per heavy atom. The van der Waals surface area contributed by atoms with Gasteiger partial charge in [-0.05, 0) is 12.0 Å². The number of benzene rings is 1. The summed E-state index contributed by atoms with van der Waals surface area (Å²) in [6, 6.07) is 8.98. The molecular weight excluding hydrogens is 224 g/mol. The van der Waals surface area contributed by atoms with E-state index >= 15 is 0 Å². The van der Waals surface area contributed by atoms with Gasteiger partial charge in [-0.25, -0.2) is 0 Å². The van der Waals surface area contributed by atoms with Gasteiger partial charge in [0.05, 0.1) is 14.7 Å². The summed E-state index contributed by atoms with van der Waals surface area (Å²) in [4.78, 5) is 0. The lowest BCUT2D eigenvalue weighted by Gasteiger charge is -2.16. The molecule has 1 nitrogen and oxygen atoms in total. The van der Waals surface area contributed by atoms with Crippen LogP contribution >= 0.6 is 0 Å². The second-order valence-corrected chi connectivity index (χ2v) is 10.8. The smallest absolute Gasteiger partial charge is 0.0775 e. The van der Waals surface area contributed by atoms with Crippen LogP contribution in [0.4, 0.5) is 0 Å². The van der Waals surface area contributed by atoms with Crippen molar-refractivity contribution in [3.05, 3.63) is 29.8 Å². The first-order valence-electron chi connectivity index (χ1n) is 6.71. The maximum absolute atomic E-state index is 5.66. The van der Waals surface area contributed by atoms with Crippen LogP contribution in [0.1, 0.15) is 31.7 Å². The first kappa shape index (κ1) is 14.5. The van der Waals surface area contributed by atoms with Crippen molar-refractivity contribution in [3.63, 3.8) is 0 Å². The normalized spacial score (nSPS) is 11.8. The van der Waals surface area contributed by atoms with Crippen molar-refractivity contribution in [1.29, 1.82) is 0 Å². The molecule has 0 heterocycles. The zero-order valence-electron chi connectivity index (χ0n) is 11.8. The van der Waals surface area contributed by atoms with Gasteiger partial charge in [-0.3, -0.25) is 0 Å². The summed E-state index contributed by atoms with van der Waals surface area (Å²) in [7, 11) is -1.15. The summed E-state index contributed by atoms with van der Waals surface area (Å²) < 4.78 is 5.66. The minimum absolute atomic E-state index is 0.760. The largest absolute Gasteiger partial charge is 0.377 e. The average Bonchev–Trinajstić information content (AvgIpc) is 2.28. The fraction of sp³-hybridized carbons (Fsp3) is 0.600. The van der Waals surface area contributed by atoms with Crippen molar-refractivity contribution in [2.45, 2.75) is 52.4 Å². The summed E-state index contributed by atoms with van der Waals surface area (Å²) in [6.45, 7) is 11.0. The SMILES string of the molecule is CCCCCOCc1ccc([Si](C)(C)C)cc1. The molecule has 0 aliphatic carbocycles. The fourth-order valence-electron chi connectivity index (χ4n) is 1.75. The van der Waals surface area contributed by atoms with E-state index in [1.54, 1.807) is 0 Å². The minimum Gasteiger partial charge on any atom is -0.377 e. The Morgan fingerprint density at radius 3 is 2.18 bits per heavy atom. The average molecular weight is 250 g/mol. The third-order valence-corrected chi connectivity index (χ3v) is 5.05. The predicted molar refractivity (Wildman–Crippen MR) is 78.6 cm³/mol. The van der Waals surface area contributed by atoms with Gasteiger partial charge in [0.1, 0.15) is 0 Å². The summed E-state index contributed by atoms with van der Waals surface area (Å²) in [6.07, 6.45) is 3.71. The van der Waals surface area contributed by atoms with Gasteiger partial charge < -0.3 is 4.74 Å². The third kappa shape index (κ3) is 5.51. The topological polar surface area (TPSA) is 9.23 Å². The van der Waals surface area contributed by atoms with Crippen LogP contribution in [0.2, 0.25) is 19.6 Å². The van der Waals surface area contributed by atoms with Gasteiger partial charge in [0.2, 0.25) is 0 Å². The molecule has 0 fully saturated rings. The zero-order chi connectivity index (χ0) is 12.7. The zero-order valence-corrected chi connectivity index (χ0v) is 12.8. The Labute approximate surface area is 107 Å². The van der Waals surface area contributed by atoms with Crippen LogP contribution in [0.5, 0.6) is 0 Å². The van der Waals surface area contributed by atoms with Crippen molar-refractivity contribution < 1.29 is 4.74 Å². The Morgan fingerprint density at radius 2 is 1.65 bits per heavy atom. The number of rotatable bonds is 7. The molecule has 0 aliphatic rings. The number of hydrogen-bond donors (Lipinski definition) is 0. The van der Waals surface area contributed by atoms with Gasteiger partial charge in [-0.2, -0.15) is 0 Å². The molecule has 96 valence electrons. The Bertz CT molecular complexity index is 311. The van der Waals surface area contributed by atoms with Crippen molar-refractivity contribution >= 4 is 13.3 Å². The van der Waals surface area contributed by atoms with Gasteiger partial charge in [-0.1, -0.05) is 68.9 Å². The lowest BCUT2D eigenvalue weighted by Crippen LogP contribution is -2.37. The highest BCUT2D eigenvalue weighted by molar-refractivity contribution is 6.88. The lowest BCUT2D eigenvalue weighted by atomic mass is 10.2. The molecule has 0 spiro atoms. The van der Waals surface area contributed by atoms with Gasteiger partial charge in [0, 0.05) is 6.61 Å². The van der Waals surface area contributed by atoms with Crippen LogP contribution in [0.15, 0.2) is 24.3 Å². The predicted octanol–water partition coefficient (Wildman–Crippen LogP) is 3.94. The first-order valence-corrected chi connectivity index (χ1v) is 10.2. The molecule has 0 bridgehead atoms. The second kappa shape index (κ2) is 6.97. The molecule has 1 aromatic carbocycles. The molecule has 0 saturated carbocycles. The maximum Gasteiger partial charge on any atom is 0.0775 e. The molecule has 0 unspecified atom stereocenters. The van der Waals surface area contributed by atoms with Crippen molar-refractivity contribution in [3.8, 4) is 0 Å². The van der Waals surface area contributed by atoms with Crippen LogP contribution in [0.25, 0.3) is 0 Å². The van der Waals surface area contributed by atoms with Gasteiger partial charge in [-0.15, -0.1) is 0 Å². The standard InChI is InChI=1S/C15H26OSi/c1-5-6-7-12-16-13-14-8-10-15(11-9-14)17(2,3)4/h8-11H,5-7,12-13H2,1-4H3. The van der Waals surface area contributed by atoms with E-state index in [2.05, 4.69) is 50.8 Å². The maximum atomic E-state index is 5.66. The number of unbranched alkanes of at least 4 members (excludes halogenated alkanes) is 2. The highest BCUT2D eigenvalue weighted by atomic mass is 28.3. The number of ether oxygens (including phenoxy) is 1. The van der Waals surface area contributed by atoms with E-state index in [1.807, 2.05) is 0 Å². The Kier molecular flexibility index (Phi) is 5.93. The molecule has 1 rings (SSSR count). The molecule has 0 saturated heterocycles. The van der Waals surface area contributed by atoms with E-state index in [0.717, 1.165) is 13.2 Å². The van der Waals surface area contributed by atoms with Gasteiger partial charge >= 0.3 is 0 Å². The van der Waals surface area contributed by atoms with E-state index in [1.165, 1.54) is 30.0 Å². The van der Waals surface area contributed by atoms with E-state index in [9.17, 15) is 0 Å². The van der Waals surface area contributed by atoms with Crippen molar-refractivity contribution in [2.75, 3.05) is 6.61 Å².